The highest BCUT2D eigenvalue weighted by Crippen LogP contribution is 2.42. The van der Waals surface area contributed by atoms with Gasteiger partial charge in [0.25, 0.3) is 21.9 Å². The standard InChI is InChI=1S/C48H60BF2N7O11S/c1-58(2,3)26-8-9-35-29-40(33-11-16-37(67-4)17-12-33)56-42(35)31-43-36(30-41(57(43)49(56,50)51)34-13-18-38(68-5)19-14-34)15-20-45(60)54-39(32-70(64,65)66)48(63)53-23-7-6-10-44(59)52-24-27-69-28-25-55-46(61)21-22-47(55)62/h11-14,16-19,21-22,29-31,39H,6-10,15,20,23-28,32H2,1-5H3,(H3-,52,53,54,59,60,63,64,65,66)/p+1. The second-order valence-corrected chi connectivity index (χ2v) is 19.7. The number of allylic oxidation sites excluding steroid dienone is 2. The number of nitrogens with one attached hydrogen (secondary N) is 3. The van der Waals surface area contributed by atoms with Gasteiger partial charge >= 0.3 is 6.97 Å². The minimum Gasteiger partial charge on any atom is -0.497 e. The molecule has 3 aliphatic rings. The number of ether oxygens (including phenoxy) is 3. The first kappa shape index (κ1) is 52.9. The van der Waals surface area contributed by atoms with Gasteiger partial charge < -0.3 is 52.2 Å². The fraction of sp³-hybridized carbons (Fsp3) is 0.417. The van der Waals surface area contributed by atoms with Crippen LogP contribution in [0.2, 0.25) is 0 Å². The maximum atomic E-state index is 17.7. The monoisotopic (exact) mass is 992 g/mol. The number of amides is 5. The van der Waals surface area contributed by atoms with E-state index in [1.807, 2.05) is 6.07 Å². The van der Waals surface area contributed by atoms with Crippen LogP contribution >= 0.6 is 0 Å². The summed E-state index contributed by atoms with van der Waals surface area (Å²) in [6.45, 7) is -3.22. The van der Waals surface area contributed by atoms with Crippen LogP contribution in [0.25, 0.3) is 17.3 Å². The predicted molar refractivity (Wildman–Crippen MR) is 259 cm³/mol. The Labute approximate surface area is 406 Å². The van der Waals surface area contributed by atoms with E-state index in [1.165, 1.54) is 26.4 Å². The number of aromatic nitrogens is 1. The van der Waals surface area contributed by atoms with Crippen molar-refractivity contribution >= 4 is 58.4 Å². The minimum atomic E-state index is -4.76. The highest BCUT2D eigenvalue weighted by atomic mass is 32.2. The maximum absolute atomic E-state index is 17.7. The lowest BCUT2D eigenvalue weighted by Gasteiger charge is -2.32. The zero-order valence-corrected chi connectivity index (χ0v) is 40.9. The number of unbranched alkanes of at least 4 members (excludes halogenated alkanes) is 1. The molecule has 0 saturated heterocycles. The van der Waals surface area contributed by atoms with Gasteiger partial charge in [0.05, 0.1) is 61.7 Å². The van der Waals surface area contributed by atoms with Gasteiger partial charge in [-0.05, 0) is 91.4 Å². The smallest absolute Gasteiger partial charge is 0.497 e. The highest BCUT2D eigenvalue weighted by Gasteiger charge is 2.55. The number of quaternary nitrogens is 1. The van der Waals surface area contributed by atoms with E-state index >= 15 is 8.63 Å². The van der Waals surface area contributed by atoms with Gasteiger partial charge in [0.15, 0.2) is 11.4 Å². The molecule has 3 aromatic rings. The van der Waals surface area contributed by atoms with Gasteiger partial charge in [-0.2, -0.15) is 8.42 Å². The van der Waals surface area contributed by atoms with Crippen LogP contribution in [0.5, 0.6) is 11.5 Å². The zero-order valence-electron chi connectivity index (χ0n) is 40.0. The van der Waals surface area contributed by atoms with Crippen molar-refractivity contribution in [3.8, 4) is 22.8 Å². The number of carbonyl (C=O) groups excluding carboxylic acids is 5. The number of halogens is 2. The van der Waals surface area contributed by atoms with Crippen molar-refractivity contribution in [3.05, 3.63) is 101 Å². The van der Waals surface area contributed by atoms with Crippen LogP contribution in [0.1, 0.15) is 55.3 Å². The van der Waals surface area contributed by atoms with Gasteiger partial charge in [-0.3, -0.25) is 33.4 Å². The van der Waals surface area contributed by atoms with Gasteiger partial charge in [-0.1, -0.05) is 0 Å². The molecule has 22 heteroatoms. The van der Waals surface area contributed by atoms with E-state index in [0.29, 0.717) is 63.3 Å². The number of imide groups is 1. The average Bonchev–Trinajstić information content (AvgIpc) is 3.98. The van der Waals surface area contributed by atoms with E-state index in [-0.39, 0.29) is 69.4 Å². The molecular weight excluding hydrogens is 931 g/mol. The molecule has 4 N–H and O–H groups in total. The SMILES string of the molecule is COc1ccc(C2=[N+]3C(=Cc4c(CCC[N+](C)(C)C)cc(-c5ccc(OC)cc5)n4[B-]3(F)F)C(CCC(=O)NC(CS(=O)(=O)O)C(=O)NCCCCC(=O)NCCOCCN3C(=O)C=CC3=O)=C2)cc1. The number of nitrogens with zero attached hydrogens (tertiary/aromatic N) is 4. The van der Waals surface area contributed by atoms with Gasteiger partial charge in [0.2, 0.25) is 17.7 Å². The largest absolute Gasteiger partial charge is 0.737 e. The molecule has 2 aromatic carbocycles. The van der Waals surface area contributed by atoms with Crippen LogP contribution in [0.4, 0.5) is 8.63 Å². The first-order valence-corrected chi connectivity index (χ1v) is 24.6. The fourth-order valence-electron chi connectivity index (χ4n) is 8.45. The Kier molecular flexibility index (Phi) is 17.3. The van der Waals surface area contributed by atoms with Crippen LogP contribution in [-0.4, -0.2) is 160 Å². The molecule has 0 radical (unpaired) electrons. The van der Waals surface area contributed by atoms with E-state index in [9.17, 15) is 36.9 Å². The molecule has 0 aliphatic carbocycles. The Morgan fingerprint density at radius 1 is 0.814 bits per heavy atom. The summed E-state index contributed by atoms with van der Waals surface area (Å²) in [6.07, 6.45) is 7.31. The van der Waals surface area contributed by atoms with Crippen LogP contribution < -0.4 is 25.4 Å². The molecule has 5 amide bonds. The molecule has 1 atom stereocenters. The average molecular weight is 993 g/mol. The fourth-order valence-corrected chi connectivity index (χ4v) is 9.11. The molecule has 0 fully saturated rings. The lowest BCUT2D eigenvalue weighted by atomic mass is 9.87. The predicted octanol–water partition coefficient (Wildman–Crippen LogP) is 3.33. The van der Waals surface area contributed by atoms with Crippen molar-refractivity contribution < 1.29 is 68.8 Å². The number of hydrogen-bond donors (Lipinski definition) is 4. The molecule has 1 unspecified atom stereocenters. The van der Waals surface area contributed by atoms with Crippen molar-refractivity contribution in [2.75, 3.05) is 80.5 Å². The summed E-state index contributed by atoms with van der Waals surface area (Å²) in [7, 11) is 4.47. The van der Waals surface area contributed by atoms with Crippen LogP contribution in [-0.2, 0) is 45.2 Å². The topological polar surface area (TPSA) is 215 Å². The Balaban J connectivity index is 1.12. The van der Waals surface area contributed by atoms with Crippen LogP contribution in [0.15, 0.2) is 84.1 Å². The lowest BCUT2D eigenvalue weighted by molar-refractivity contribution is -0.870. The first-order valence-electron chi connectivity index (χ1n) is 23.0. The number of rotatable bonds is 26. The van der Waals surface area contributed by atoms with E-state index in [4.69, 9.17) is 14.2 Å². The zero-order chi connectivity index (χ0) is 50.8. The molecule has 4 heterocycles. The van der Waals surface area contributed by atoms with Crippen LogP contribution in [0.3, 0.4) is 0 Å². The molecule has 70 heavy (non-hydrogen) atoms. The number of hydrogen-bond acceptors (Lipinski definition) is 10. The number of aryl methyl sites for hydroxylation is 1. The van der Waals surface area contributed by atoms with Crippen molar-refractivity contribution in [1.29, 1.82) is 0 Å². The summed E-state index contributed by atoms with van der Waals surface area (Å²) in [4.78, 5) is 63.3. The third kappa shape index (κ3) is 13.6. The van der Waals surface area contributed by atoms with E-state index < -0.39 is 52.5 Å². The number of carbonyl (C=O) groups is 5. The summed E-state index contributed by atoms with van der Waals surface area (Å²) >= 11 is 0. The summed E-state index contributed by atoms with van der Waals surface area (Å²) < 4.78 is 88.0. The van der Waals surface area contributed by atoms with Gasteiger partial charge in [0, 0.05) is 79.2 Å². The lowest BCUT2D eigenvalue weighted by Crippen LogP contribution is -2.51. The van der Waals surface area contributed by atoms with Crippen molar-refractivity contribution in [1.82, 2.24) is 25.3 Å². The molecule has 0 bridgehead atoms. The number of methoxy groups -OCH3 is 2. The van der Waals surface area contributed by atoms with Crippen molar-refractivity contribution in [2.24, 2.45) is 0 Å². The van der Waals surface area contributed by atoms with Crippen molar-refractivity contribution in [2.45, 2.75) is 51.0 Å². The van der Waals surface area contributed by atoms with Crippen LogP contribution in [0, 0.1) is 0 Å². The first-order chi connectivity index (χ1) is 33.2. The number of fused-ring (bicyclic) bond motifs is 2. The molecule has 3 aliphatic heterocycles. The van der Waals surface area contributed by atoms with Gasteiger partial charge in [0.1, 0.15) is 23.3 Å². The Hall–Kier alpha value is -6.49. The number of benzene rings is 2. The van der Waals surface area contributed by atoms with Crippen molar-refractivity contribution in [3.63, 3.8) is 0 Å². The Morgan fingerprint density at radius 3 is 2.07 bits per heavy atom. The van der Waals surface area contributed by atoms with E-state index in [1.54, 1.807) is 60.7 Å². The van der Waals surface area contributed by atoms with Gasteiger partial charge in [-0.25, -0.2) is 0 Å². The summed E-state index contributed by atoms with van der Waals surface area (Å²) in [5, 5.41) is 7.63. The minimum absolute atomic E-state index is 0.0197. The molecule has 18 nitrogen and oxygen atoms in total. The summed E-state index contributed by atoms with van der Waals surface area (Å²) in [5.74, 6) is -2.77. The summed E-state index contributed by atoms with van der Waals surface area (Å²) in [5.41, 5.74) is 3.24. The van der Waals surface area contributed by atoms with E-state index in [2.05, 4.69) is 37.1 Å². The molecular formula is C48H61BF2N7O11S+. The quantitative estimate of drug-likeness (QED) is 0.0301. The van der Waals surface area contributed by atoms with E-state index in [0.717, 1.165) is 32.4 Å². The third-order valence-corrected chi connectivity index (χ3v) is 12.7. The molecule has 0 saturated carbocycles. The summed E-state index contributed by atoms with van der Waals surface area (Å²) in [6, 6.07) is 13.8. The Morgan fingerprint density at radius 2 is 1.46 bits per heavy atom. The molecule has 6 rings (SSSR count). The Bertz CT molecular complexity index is 2680. The maximum Gasteiger partial charge on any atom is 0.737 e. The third-order valence-electron chi connectivity index (χ3n) is 12.0. The molecule has 1 aromatic heterocycles. The van der Waals surface area contributed by atoms with Gasteiger partial charge in [-0.15, -0.1) is 0 Å². The second kappa shape index (κ2) is 23.0. The second-order valence-electron chi connectivity index (χ2n) is 18.2. The highest BCUT2D eigenvalue weighted by molar-refractivity contribution is 7.85. The normalized spacial score (nSPS) is 15.6. The molecule has 0 spiro atoms. The molecule has 376 valence electrons.